The van der Waals surface area contributed by atoms with Crippen molar-refractivity contribution in [1.29, 1.82) is 0 Å². The molecule has 2 atom stereocenters. The zero-order valence-electron chi connectivity index (χ0n) is 15.6. The second-order valence-electron chi connectivity index (χ2n) is 7.62. The monoisotopic (exact) mass is 401 g/mol. The van der Waals surface area contributed by atoms with E-state index in [1.54, 1.807) is 17.0 Å². The molecule has 1 aromatic carbocycles. The highest BCUT2D eigenvalue weighted by Gasteiger charge is 2.41. The van der Waals surface area contributed by atoms with Gasteiger partial charge in [-0.15, -0.1) is 12.4 Å². The first-order chi connectivity index (χ1) is 11.6. The molecular formula is C18H28ClN3O3S. The van der Waals surface area contributed by atoms with E-state index in [1.165, 1.54) is 18.4 Å². The summed E-state index contributed by atoms with van der Waals surface area (Å²) in [6.45, 7) is 2.55. The molecule has 6 nitrogen and oxygen atoms in total. The molecule has 1 saturated carbocycles. The summed E-state index contributed by atoms with van der Waals surface area (Å²) < 4.78 is 26.0. The van der Waals surface area contributed by atoms with Crippen molar-refractivity contribution >= 4 is 34.0 Å². The van der Waals surface area contributed by atoms with Gasteiger partial charge in [0.05, 0.1) is 10.8 Å². The van der Waals surface area contributed by atoms with E-state index in [2.05, 4.69) is 0 Å². The zero-order valence-corrected chi connectivity index (χ0v) is 17.2. The summed E-state index contributed by atoms with van der Waals surface area (Å²) in [5.41, 5.74) is 7.64. The quantitative estimate of drug-likeness (QED) is 0.841. The molecule has 0 saturated heterocycles. The van der Waals surface area contributed by atoms with Crippen LogP contribution in [-0.2, 0) is 21.2 Å². The number of rotatable bonds is 3. The molecule has 146 valence electrons. The third-order valence-electron chi connectivity index (χ3n) is 5.55. The van der Waals surface area contributed by atoms with Gasteiger partial charge in [0.25, 0.3) is 0 Å². The third-order valence-corrected chi connectivity index (χ3v) is 7.36. The molecule has 26 heavy (non-hydrogen) atoms. The number of carbonyl (C=O) groups is 1. The van der Waals surface area contributed by atoms with Gasteiger partial charge >= 0.3 is 0 Å². The van der Waals surface area contributed by atoms with Crippen molar-refractivity contribution in [2.45, 2.75) is 49.5 Å². The van der Waals surface area contributed by atoms with Crippen LogP contribution in [0.2, 0.25) is 0 Å². The van der Waals surface area contributed by atoms with E-state index >= 15 is 0 Å². The van der Waals surface area contributed by atoms with Gasteiger partial charge in [-0.3, -0.25) is 4.79 Å². The van der Waals surface area contributed by atoms with Crippen LogP contribution in [0.4, 0.5) is 5.69 Å². The predicted molar refractivity (Wildman–Crippen MR) is 105 cm³/mol. The summed E-state index contributed by atoms with van der Waals surface area (Å²) in [6, 6.07) is 5.07. The van der Waals surface area contributed by atoms with E-state index in [1.807, 2.05) is 13.0 Å². The summed E-state index contributed by atoms with van der Waals surface area (Å²) in [7, 11) is -0.510. The highest BCUT2D eigenvalue weighted by molar-refractivity contribution is 7.89. The fourth-order valence-electron chi connectivity index (χ4n) is 3.91. The van der Waals surface area contributed by atoms with E-state index in [0.717, 1.165) is 37.7 Å². The number of carbonyl (C=O) groups excluding carboxylic acids is 1. The Morgan fingerprint density at radius 3 is 2.62 bits per heavy atom. The van der Waals surface area contributed by atoms with Gasteiger partial charge in [-0.25, -0.2) is 12.7 Å². The van der Waals surface area contributed by atoms with Gasteiger partial charge in [0.15, 0.2) is 0 Å². The largest absolute Gasteiger partial charge is 0.325 e. The molecule has 0 bridgehead atoms. The fourth-order valence-corrected chi connectivity index (χ4v) is 4.83. The normalized spacial score (nSPS) is 25.7. The van der Waals surface area contributed by atoms with Gasteiger partial charge < -0.3 is 10.6 Å². The molecule has 2 aliphatic rings. The lowest BCUT2D eigenvalue weighted by molar-refractivity contribution is -0.125. The van der Waals surface area contributed by atoms with Gasteiger partial charge in [-0.1, -0.05) is 18.9 Å². The highest BCUT2D eigenvalue weighted by Crippen LogP contribution is 2.37. The number of sulfonamides is 1. The minimum atomic E-state index is -3.52. The maximum atomic E-state index is 13.2. The second kappa shape index (κ2) is 7.46. The van der Waals surface area contributed by atoms with Crippen molar-refractivity contribution in [3.63, 3.8) is 0 Å². The maximum absolute atomic E-state index is 13.2. The lowest BCUT2D eigenvalue weighted by atomic mass is 9.74. The molecule has 1 amide bonds. The first-order valence-corrected chi connectivity index (χ1v) is 10.2. The average molecular weight is 402 g/mol. The molecule has 2 N–H and O–H groups in total. The Balaban J connectivity index is 0.00000243. The van der Waals surface area contributed by atoms with Crippen molar-refractivity contribution in [3.05, 3.63) is 23.8 Å². The number of nitrogens with zero attached hydrogens (tertiary/aromatic N) is 2. The summed E-state index contributed by atoms with van der Waals surface area (Å²) >= 11 is 0. The van der Waals surface area contributed by atoms with E-state index < -0.39 is 15.6 Å². The number of anilines is 1. The Labute approximate surface area is 162 Å². The van der Waals surface area contributed by atoms with Crippen molar-refractivity contribution in [2.24, 2.45) is 11.7 Å². The number of fused-ring (bicyclic) bond motifs is 1. The molecule has 2 unspecified atom stereocenters. The lowest BCUT2D eigenvalue weighted by Gasteiger charge is -2.39. The summed E-state index contributed by atoms with van der Waals surface area (Å²) in [6.07, 6.45) is 4.46. The van der Waals surface area contributed by atoms with E-state index in [9.17, 15) is 13.2 Å². The van der Waals surface area contributed by atoms with Crippen LogP contribution in [0.5, 0.6) is 0 Å². The van der Waals surface area contributed by atoms with E-state index in [-0.39, 0.29) is 29.1 Å². The number of hydrogen-bond donors (Lipinski definition) is 1. The van der Waals surface area contributed by atoms with Gasteiger partial charge in [-0.05, 0) is 43.9 Å². The SMILES string of the molecule is CN(C)S(=O)(=O)c1ccc2c(c1)N(C(=O)C1CCCCC1(C)N)CC2.Cl. The first-order valence-electron chi connectivity index (χ1n) is 8.80. The van der Waals surface area contributed by atoms with Crippen LogP contribution in [0.1, 0.15) is 38.2 Å². The molecule has 0 spiro atoms. The van der Waals surface area contributed by atoms with Gasteiger partial charge in [-0.2, -0.15) is 0 Å². The molecule has 1 aliphatic carbocycles. The van der Waals surface area contributed by atoms with Crippen molar-refractivity contribution in [1.82, 2.24) is 4.31 Å². The second-order valence-corrected chi connectivity index (χ2v) is 9.77. The smallest absolute Gasteiger partial charge is 0.242 e. The van der Waals surface area contributed by atoms with Crippen molar-refractivity contribution < 1.29 is 13.2 Å². The first kappa shape index (κ1) is 21.2. The van der Waals surface area contributed by atoms with Crippen LogP contribution in [0, 0.1) is 5.92 Å². The van der Waals surface area contributed by atoms with Crippen LogP contribution < -0.4 is 10.6 Å². The zero-order chi connectivity index (χ0) is 18.4. The molecular weight excluding hydrogens is 374 g/mol. The molecule has 1 aliphatic heterocycles. The Hall–Kier alpha value is -1.15. The minimum absolute atomic E-state index is 0. The minimum Gasteiger partial charge on any atom is -0.325 e. The maximum Gasteiger partial charge on any atom is 0.242 e. The van der Waals surface area contributed by atoms with Crippen LogP contribution in [0.25, 0.3) is 0 Å². The summed E-state index contributed by atoms with van der Waals surface area (Å²) in [5.74, 6) is -0.177. The number of amides is 1. The van der Waals surface area contributed by atoms with Crippen molar-refractivity contribution in [3.8, 4) is 0 Å². The third kappa shape index (κ3) is 3.63. The Bertz CT molecular complexity index is 793. The van der Waals surface area contributed by atoms with Gasteiger partial charge in [0, 0.05) is 31.9 Å². The highest BCUT2D eigenvalue weighted by atomic mass is 35.5. The lowest BCUT2D eigenvalue weighted by Crippen LogP contribution is -2.53. The van der Waals surface area contributed by atoms with Crippen LogP contribution in [0.15, 0.2) is 23.1 Å². The Morgan fingerprint density at radius 2 is 2.00 bits per heavy atom. The van der Waals surface area contributed by atoms with Gasteiger partial charge in [0.2, 0.25) is 15.9 Å². The van der Waals surface area contributed by atoms with Crippen LogP contribution in [-0.4, -0.2) is 44.8 Å². The molecule has 1 fully saturated rings. The number of nitrogens with two attached hydrogens (primary N) is 1. The van der Waals surface area contributed by atoms with Crippen molar-refractivity contribution in [2.75, 3.05) is 25.5 Å². The molecule has 8 heteroatoms. The topological polar surface area (TPSA) is 83.7 Å². The fraction of sp³-hybridized carbons (Fsp3) is 0.611. The molecule has 1 aromatic rings. The standard InChI is InChI=1S/C18H27N3O3S.ClH/c1-18(19)10-5-4-6-15(18)17(22)21-11-9-13-7-8-14(12-16(13)21)25(23,24)20(2)3;/h7-8,12,15H,4-6,9-11,19H2,1-3H3;1H. The summed E-state index contributed by atoms with van der Waals surface area (Å²) in [5, 5.41) is 0. The summed E-state index contributed by atoms with van der Waals surface area (Å²) in [4.78, 5) is 15.1. The van der Waals surface area contributed by atoms with E-state index in [0.29, 0.717) is 12.2 Å². The number of benzene rings is 1. The predicted octanol–water partition coefficient (Wildman–Crippen LogP) is 2.16. The number of halogens is 1. The Kier molecular flexibility index (Phi) is 6.07. The molecule has 0 aromatic heterocycles. The Morgan fingerprint density at radius 1 is 1.31 bits per heavy atom. The van der Waals surface area contributed by atoms with E-state index in [4.69, 9.17) is 5.73 Å². The molecule has 0 radical (unpaired) electrons. The van der Waals surface area contributed by atoms with Gasteiger partial charge in [0.1, 0.15) is 0 Å². The average Bonchev–Trinajstić information content (AvgIpc) is 2.96. The molecule has 3 rings (SSSR count). The number of hydrogen-bond acceptors (Lipinski definition) is 4. The van der Waals surface area contributed by atoms with Crippen LogP contribution >= 0.6 is 12.4 Å². The molecule has 1 heterocycles. The van der Waals surface area contributed by atoms with Crippen LogP contribution in [0.3, 0.4) is 0 Å².